The molecule has 1 aromatic carbocycles. The fourth-order valence-corrected chi connectivity index (χ4v) is 7.42. The minimum Gasteiger partial charge on any atom is -0.444 e. The van der Waals surface area contributed by atoms with Crippen LogP contribution in [0, 0.1) is 5.41 Å². The second kappa shape index (κ2) is 11.8. The number of aromatic nitrogens is 3. The molecule has 3 fully saturated rings. The maximum atomic E-state index is 12.9. The average Bonchev–Trinajstić information content (AvgIpc) is 3.24. The number of amides is 1. The Bertz CT molecular complexity index is 1200. The third-order valence-electron chi connectivity index (χ3n) is 8.83. The van der Waals surface area contributed by atoms with Gasteiger partial charge in [0.05, 0.1) is 5.56 Å². The zero-order valence-corrected chi connectivity index (χ0v) is 25.3. The molecule has 0 radical (unpaired) electrons. The van der Waals surface area contributed by atoms with Crippen LogP contribution in [0.1, 0.15) is 94.5 Å². The Morgan fingerprint density at radius 1 is 1.12 bits per heavy atom. The van der Waals surface area contributed by atoms with Crippen LogP contribution in [0.2, 0.25) is 0 Å². The summed E-state index contributed by atoms with van der Waals surface area (Å²) < 4.78 is 46.2. The number of hydrogen-bond donors (Lipinski definition) is 1. The summed E-state index contributed by atoms with van der Waals surface area (Å²) in [4.78, 5) is 14.6. The van der Waals surface area contributed by atoms with Crippen molar-refractivity contribution in [3.05, 3.63) is 41.2 Å². The molecule has 0 bridgehead atoms. The molecule has 1 spiro atoms. The number of rotatable bonds is 8. The van der Waals surface area contributed by atoms with Gasteiger partial charge in [-0.05, 0) is 108 Å². The van der Waals surface area contributed by atoms with Crippen molar-refractivity contribution in [1.82, 2.24) is 25.0 Å². The molecular weight excluding hydrogens is 551 g/mol. The first-order chi connectivity index (χ1) is 19.3. The van der Waals surface area contributed by atoms with Crippen LogP contribution in [0.4, 0.5) is 18.0 Å². The Kier molecular flexibility index (Phi) is 8.68. The Hall–Kier alpha value is -2.27. The van der Waals surface area contributed by atoms with Gasteiger partial charge in [-0.1, -0.05) is 23.9 Å². The van der Waals surface area contributed by atoms with Gasteiger partial charge in [0.1, 0.15) is 11.4 Å². The molecule has 5 rings (SSSR count). The van der Waals surface area contributed by atoms with Gasteiger partial charge < -0.3 is 19.5 Å². The molecule has 1 aliphatic heterocycles. The van der Waals surface area contributed by atoms with Crippen molar-refractivity contribution >= 4 is 17.9 Å². The van der Waals surface area contributed by atoms with Gasteiger partial charge in [-0.25, -0.2) is 4.79 Å². The number of ether oxygens (including phenoxy) is 1. The van der Waals surface area contributed by atoms with Crippen LogP contribution in [-0.4, -0.2) is 62.8 Å². The van der Waals surface area contributed by atoms with Gasteiger partial charge in [-0.2, -0.15) is 13.2 Å². The second-order valence-corrected chi connectivity index (χ2v) is 14.1. The van der Waals surface area contributed by atoms with E-state index in [1.54, 1.807) is 23.9 Å². The lowest BCUT2D eigenvalue weighted by molar-refractivity contribution is -0.137. The summed E-state index contributed by atoms with van der Waals surface area (Å²) in [5, 5.41) is 12.9. The SMILES string of the molecule is Cn1c(SCCCN2CCC3(CC3c3ccc(C(F)(F)F)cc3)C2)nnc1C1CCC(NC(=O)OC(C)(C)C)CC1. The van der Waals surface area contributed by atoms with Gasteiger partial charge in [0.15, 0.2) is 5.16 Å². The van der Waals surface area contributed by atoms with Crippen molar-refractivity contribution in [2.24, 2.45) is 12.5 Å². The van der Waals surface area contributed by atoms with Crippen molar-refractivity contribution in [2.45, 2.75) is 101 Å². The number of nitrogens with zero attached hydrogens (tertiary/aromatic N) is 4. The minimum atomic E-state index is -4.28. The summed E-state index contributed by atoms with van der Waals surface area (Å²) in [5.41, 5.74) is 0.216. The van der Waals surface area contributed by atoms with Crippen molar-refractivity contribution in [2.75, 3.05) is 25.4 Å². The molecule has 2 heterocycles. The summed E-state index contributed by atoms with van der Waals surface area (Å²) in [5.74, 6) is 2.71. The van der Waals surface area contributed by atoms with E-state index < -0.39 is 17.3 Å². The van der Waals surface area contributed by atoms with E-state index in [1.165, 1.54) is 12.1 Å². The largest absolute Gasteiger partial charge is 0.444 e. The number of likely N-dealkylation sites (tertiary alicyclic amines) is 1. The lowest BCUT2D eigenvalue weighted by Crippen LogP contribution is -2.40. The first kappa shape index (κ1) is 30.2. The van der Waals surface area contributed by atoms with E-state index in [0.29, 0.717) is 11.8 Å². The number of halogens is 3. The lowest BCUT2D eigenvalue weighted by Gasteiger charge is -2.29. The maximum Gasteiger partial charge on any atom is 0.416 e. The average molecular weight is 594 g/mol. The first-order valence-electron chi connectivity index (χ1n) is 14.7. The molecule has 1 aromatic heterocycles. The number of nitrogens with one attached hydrogen (secondary N) is 1. The highest BCUT2D eigenvalue weighted by atomic mass is 32.2. The van der Waals surface area contributed by atoms with Crippen LogP contribution in [0.15, 0.2) is 29.4 Å². The van der Waals surface area contributed by atoms with Crippen LogP contribution in [0.3, 0.4) is 0 Å². The number of thioether (sulfide) groups is 1. The molecule has 1 saturated heterocycles. The van der Waals surface area contributed by atoms with E-state index in [4.69, 9.17) is 4.74 Å². The van der Waals surface area contributed by atoms with Crippen LogP contribution < -0.4 is 5.32 Å². The second-order valence-electron chi connectivity index (χ2n) is 13.1. The van der Waals surface area contributed by atoms with Crippen molar-refractivity contribution in [3.63, 3.8) is 0 Å². The zero-order valence-electron chi connectivity index (χ0n) is 24.5. The molecule has 226 valence electrons. The van der Waals surface area contributed by atoms with Crippen molar-refractivity contribution in [1.29, 1.82) is 0 Å². The van der Waals surface area contributed by atoms with Crippen LogP contribution in [0.25, 0.3) is 0 Å². The van der Waals surface area contributed by atoms with E-state index in [2.05, 4.69) is 25.0 Å². The number of carbonyl (C=O) groups excluding carboxylic acids is 1. The Labute approximate surface area is 245 Å². The maximum absolute atomic E-state index is 12.9. The molecular formula is C30H42F3N5O2S. The van der Waals surface area contributed by atoms with E-state index in [-0.39, 0.29) is 17.6 Å². The predicted molar refractivity (Wildman–Crippen MR) is 153 cm³/mol. The van der Waals surface area contributed by atoms with Crippen molar-refractivity contribution < 1.29 is 22.7 Å². The molecule has 2 unspecified atom stereocenters. The van der Waals surface area contributed by atoms with Gasteiger partial charge in [0.2, 0.25) is 0 Å². The monoisotopic (exact) mass is 593 g/mol. The first-order valence-corrected chi connectivity index (χ1v) is 15.7. The third-order valence-corrected chi connectivity index (χ3v) is 9.93. The van der Waals surface area contributed by atoms with E-state index in [1.807, 2.05) is 27.8 Å². The molecule has 2 aromatic rings. The topological polar surface area (TPSA) is 72.3 Å². The highest BCUT2D eigenvalue weighted by Gasteiger charge is 2.57. The Balaban J connectivity index is 1.02. The molecule has 41 heavy (non-hydrogen) atoms. The number of benzene rings is 1. The van der Waals surface area contributed by atoms with E-state index >= 15 is 0 Å². The number of alkyl carbamates (subject to hydrolysis) is 1. The molecule has 2 saturated carbocycles. The smallest absolute Gasteiger partial charge is 0.416 e. The van der Waals surface area contributed by atoms with Crippen LogP contribution in [0.5, 0.6) is 0 Å². The van der Waals surface area contributed by atoms with Gasteiger partial charge in [-0.3, -0.25) is 0 Å². The highest BCUT2D eigenvalue weighted by molar-refractivity contribution is 7.99. The number of alkyl halides is 3. The lowest BCUT2D eigenvalue weighted by atomic mass is 9.85. The van der Waals surface area contributed by atoms with E-state index in [0.717, 1.165) is 86.9 Å². The molecule has 1 amide bonds. The zero-order chi connectivity index (χ0) is 29.4. The fraction of sp³-hybridized carbons (Fsp3) is 0.700. The van der Waals surface area contributed by atoms with Gasteiger partial charge in [0.25, 0.3) is 0 Å². The molecule has 7 nitrogen and oxygen atoms in total. The summed E-state index contributed by atoms with van der Waals surface area (Å²) in [6, 6.07) is 5.91. The summed E-state index contributed by atoms with van der Waals surface area (Å²) >= 11 is 1.74. The van der Waals surface area contributed by atoms with Gasteiger partial charge >= 0.3 is 12.3 Å². The van der Waals surface area contributed by atoms with Crippen molar-refractivity contribution in [3.8, 4) is 0 Å². The normalized spacial score (nSPS) is 26.9. The minimum absolute atomic E-state index is 0.133. The standard InChI is InChI=1S/C30H42F3N5O2S/c1-28(2,3)40-27(39)34-23-12-8-21(9-13-23)25-35-36-26(37(25)4)41-17-5-15-38-16-14-29(19-38)18-24(29)20-6-10-22(11-7-20)30(31,32)33/h6-7,10-11,21,23-24H,5,8-9,12-19H2,1-4H3,(H,34,39). The highest BCUT2D eigenvalue weighted by Crippen LogP contribution is 2.64. The van der Waals surface area contributed by atoms with Crippen LogP contribution in [-0.2, 0) is 18.0 Å². The summed E-state index contributed by atoms with van der Waals surface area (Å²) in [6.07, 6.45) is 2.33. The van der Waals surface area contributed by atoms with Gasteiger partial charge in [0, 0.05) is 31.3 Å². The third kappa shape index (κ3) is 7.39. The Morgan fingerprint density at radius 2 is 1.83 bits per heavy atom. The molecule has 3 aliphatic rings. The molecule has 2 aliphatic carbocycles. The van der Waals surface area contributed by atoms with Crippen LogP contribution >= 0.6 is 11.8 Å². The quantitative estimate of drug-likeness (QED) is 0.270. The van der Waals surface area contributed by atoms with Gasteiger partial charge in [-0.15, -0.1) is 10.2 Å². The predicted octanol–water partition coefficient (Wildman–Crippen LogP) is 6.75. The summed E-state index contributed by atoms with van der Waals surface area (Å²) in [6.45, 7) is 8.71. The summed E-state index contributed by atoms with van der Waals surface area (Å²) in [7, 11) is 2.04. The molecule has 11 heteroatoms. The molecule has 2 atom stereocenters. The van der Waals surface area contributed by atoms with E-state index in [9.17, 15) is 18.0 Å². The Morgan fingerprint density at radius 3 is 2.49 bits per heavy atom. The fourth-order valence-electron chi connectivity index (χ4n) is 6.58. The number of carbonyl (C=O) groups is 1. The number of hydrogen-bond acceptors (Lipinski definition) is 6. The molecule has 1 N–H and O–H groups in total.